The molecule has 4 heteroatoms. The average Bonchev–Trinajstić information content (AvgIpc) is 2.84. The summed E-state index contributed by atoms with van der Waals surface area (Å²) in [6.07, 6.45) is 1.65. The lowest BCUT2D eigenvalue weighted by atomic mass is 10.1. The van der Waals surface area contributed by atoms with Gasteiger partial charge in [-0.1, -0.05) is 6.07 Å². The fourth-order valence-corrected chi connectivity index (χ4v) is 1.82. The minimum atomic E-state index is -0.255. The van der Waals surface area contributed by atoms with Crippen molar-refractivity contribution in [2.45, 2.75) is 46.4 Å². The van der Waals surface area contributed by atoms with Gasteiger partial charge in [0.15, 0.2) is 0 Å². The summed E-state index contributed by atoms with van der Waals surface area (Å²) in [4.78, 5) is 0. The van der Waals surface area contributed by atoms with Crippen LogP contribution in [0.1, 0.15) is 37.7 Å². The van der Waals surface area contributed by atoms with Gasteiger partial charge in [-0.3, -0.25) is 0 Å². The third-order valence-electron chi connectivity index (χ3n) is 3.15. The van der Waals surface area contributed by atoms with E-state index in [1.807, 2.05) is 6.07 Å². The van der Waals surface area contributed by atoms with Crippen molar-refractivity contribution in [2.75, 3.05) is 0 Å². The second-order valence-corrected chi connectivity index (χ2v) is 6.17. The van der Waals surface area contributed by atoms with E-state index < -0.39 is 0 Å². The standard InChI is InChI=1S/C17H22FNO2/c1-12-5-6-14(9-15(12)18)21-11-13-7-8-20-16(13)10-19-17(2,3)4/h5-9,19H,10-11H2,1-4H3. The first kappa shape index (κ1) is 15.6. The Kier molecular flexibility index (Phi) is 4.68. The van der Waals surface area contributed by atoms with Gasteiger partial charge in [-0.2, -0.15) is 0 Å². The molecule has 0 aliphatic rings. The predicted octanol–water partition coefficient (Wildman–Crippen LogP) is 4.19. The molecule has 2 rings (SSSR count). The van der Waals surface area contributed by atoms with Gasteiger partial charge in [-0.05, 0) is 45.4 Å². The lowest BCUT2D eigenvalue weighted by Gasteiger charge is -2.20. The first-order chi connectivity index (χ1) is 9.85. The van der Waals surface area contributed by atoms with Gasteiger partial charge in [-0.15, -0.1) is 0 Å². The zero-order chi connectivity index (χ0) is 15.5. The average molecular weight is 291 g/mol. The molecular formula is C17H22FNO2. The highest BCUT2D eigenvalue weighted by molar-refractivity contribution is 5.28. The van der Waals surface area contributed by atoms with E-state index in [0.29, 0.717) is 24.5 Å². The van der Waals surface area contributed by atoms with Crippen LogP contribution in [0.25, 0.3) is 0 Å². The van der Waals surface area contributed by atoms with Crippen molar-refractivity contribution in [1.82, 2.24) is 5.32 Å². The zero-order valence-corrected chi connectivity index (χ0v) is 13.0. The summed E-state index contributed by atoms with van der Waals surface area (Å²) < 4.78 is 24.6. The van der Waals surface area contributed by atoms with E-state index in [1.54, 1.807) is 25.3 Å². The largest absolute Gasteiger partial charge is 0.489 e. The Morgan fingerprint density at radius 2 is 2.00 bits per heavy atom. The minimum Gasteiger partial charge on any atom is -0.489 e. The molecule has 1 aromatic carbocycles. The molecule has 0 amide bonds. The lowest BCUT2D eigenvalue weighted by Crippen LogP contribution is -2.35. The molecule has 21 heavy (non-hydrogen) atoms. The molecule has 1 N–H and O–H groups in total. The third-order valence-corrected chi connectivity index (χ3v) is 3.15. The fourth-order valence-electron chi connectivity index (χ4n) is 1.82. The Hall–Kier alpha value is -1.81. The number of furan rings is 1. The number of benzene rings is 1. The summed E-state index contributed by atoms with van der Waals surface area (Å²) in [5, 5.41) is 3.37. The van der Waals surface area contributed by atoms with Gasteiger partial charge in [0.2, 0.25) is 0 Å². The predicted molar refractivity (Wildman–Crippen MR) is 80.8 cm³/mol. The quantitative estimate of drug-likeness (QED) is 0.896. The van der Waals surface area contributed by atoms with Crippen molar-refractivity contribution >= 4 is 0 Å². The van der Waals surface area contributed by atoms with Gasteiger partial charge < -0.3 is 14.5 Å². The molecule has 0 bridgehead atoms. The molecule has 0 fully saturated rings. The van der Waals surface area contributed by atoms with Crippen molar-refractivity contribution in [1.29, 1.82) is 0 Å². The second kappa shape index (κ2) is 6.31. The molecule has 2 aromatic rings. The molecule has 0 radical (unpaired) electrons. The Labute approximate surface area is 125 Å². The first-order valence-electron chi connectivity index (χ1n) is 7.04. The molecule has 114 valence electrons. The smallest absolute Gasteiger partial charge is 0.129 e. The summed E-state index contributed by atoms with van der Waals surface area (Å²) in [7, 11) is 0. The normalized spacial score (nSPS) is 11.7. The lowest BCUT2D eigenvalue weighted by molar-refractivity contribution is 0.297. The van der Waals surface area contributed by atoms with Crippen molar-refractivity contribution in [3.05, 3.63) is 53.2 Å². The fraction of sp³-hybridized carbons (Fsp3) is 0.412. The SMILES string of the molecule is Cc1ccc(OCc2ccoc2CNC(C)(C)C)cc1F. The van der Waals surface area contributed by atoms with Crippen molar-refractivity contribution in [3.63, 3.8) is 0 Å². The van der Waals surface area contributed by atoms with E-state index in [9.17, 15) is 4.39 Å². The van der Waals surface area contributed by atoms with Crippen LogP contribution in [-0.2, 0) is 13.2 Å². The number of halogens is 1. The molecule has 3 nitrogen and oxygen atoms in total. The highest BCUT2D eigenvalue weighted by Crippen LogP contribution is 2.19. The van der Waals surface area contributed by atoms with Crippen molar-refractivity contribution < 1.29 is 13.5 Å². The summed E-state index contributed by atoms with van der Waals surface area (Å²) >= 11 is 0. The molecule has 0 unspecified atom stereocenters. The third kappa shape index (κ3) is 4.60. The van der Waals surface area contributed by atoms with Gasteiger partial charge in [0.25, 0.3) is 0 Å². The molecule has 0 saturated heterocycles. The molecule has 1 aromatic heterocycles. The molecule has 0 spiro atoms. The molecule has 0 atom stereocenters. The highest BCUT2D eigenvalue weighted by atomic mass is 19.1. The second-order valence-electron chi connectivity index (χ2n) is 6.17. The van der Waals surface area contributed by atoms with Crippen LogP contribution < -0.4 is 10.1 Å². The maximum Gasteiger partial charge on any atom is 0.129 e. The van der Waals surface area contributed by atoms with E-state index in [-0.39, 0.29) is 11.4 Å². The number of hydrogen-bond acceptors (Lipinski definition) is 3. The van der Waals surface area contributed by atoms with Gasteiger partial charge in [0.1, 0.15) is 23.9 Å². The van der Waals surface area contributed by atoms with Crippen LogP contribution in [0.3, 0.4) is 0 Å². The zero-order valence-electron chi connectivity index (χ0n) is 13.0. The summed E-state index contributed by atoms with van der Waals surface area (Å²) in [6, 6.07) is 6.76. The van der Waals surface area contributed by atoms with E-state index in [4.69, 9.17) is 9.15 Å². The Morgan fingerprint density at radius 3 is 2.67 bits per heavy atom. The Bertz CT molecular complexity index is 599. The molecule has 0 aliphatic heterocycles. The number of hydrogen-bond donors (Lipinski definition) is 1. The first-order valence-corrected chi connectivity index (χ1v) is 7.04. The minimum absolute atomic E-state index is 0.0189. The van der Waals surface area contributed by atoms with E-state index in [0.717, 1.165) is 11.3 Å². The van der Waals surface area contributed by atoms with Crippen LogP contribution in [0.4, 0.5) is 4.39 Å². The van der Waals surface area contributed by atoms with Crippen LogP contribution >= 0.6 is 0 Å². The van der Waals surface area contributed by atoms with Crippen LogP contribution in [0.15, 0.2) is 34.9 Å². The van der Waals surface area contributed by atoms with Crippen LogP contribution in [0, 0.1) is 12.7 Å². The Balaban J connectivity index is 1.97. The van der Waals surface area contributed by atoms with Crippen LogP contribution in [0.2, 0.25) is 0 Å². The van der Waals surface area contributed by atoms with Gasteiger partial charge in [-0.25, -0.2) is 4.39 Å². The number of nitrogens with one attached hydrogen (secondary N) is 1. The molecular weight excluding hydrogens is 269 g/mol. The van der Waals surface area contributed by atoms with Crippen molar-refractivity contribution in [3.8, 4) is 5.75 Å². The number of rotatable bonds is 5. The maximum atomic E-state index is 13.5. The highest BCUT2D eigenvalue weighted by Gasteiger charge is 2.13. The molecule has 1 heterocycles. The van der Waals surface area contributed by atoms with Crippen LogP contribution in [-0.4, -0.2) is 5.54 Å². The van der Waals surface area contributed by atoms with Gasteiger partial charge in [0.05, 0.1) is 12.8 Å². The summed E-state index contributed by atoms with van der Waals surface area (Å²) in [5.74, 6) is 1.11. The topological polar surface area (TPSA) is 34.4 Å². The van der Waals surface area contributed by atoms with Crippen molar-refractivity contribution in [2.24, 2.45) is 0 Å². The monoisotopic (exact) mass is 291 g/mol. The summed E-state index contributed by atoms with van der Waals surface area (Å²) in [6.45, 7) is 9.02. The van der Waals surface area contributed by atoms with Gasteiger partial charge >= 0.3 is 0 Å². The van der Waals surface area contributed by atoms with Gasteiger partial charge in [0, 0.05) is 17.2 Å². The maximum absolute atomic E-state index is 13.5. The number of ether oxygens (including phenoxy) is 1. The van der Waals surface area contributed by atoms with E-state index in [1.165, 1.54) is 6.07 Å². The molecule has 0 saturated carbocycles. The van der Waals surface area contributed by atoms with Crippen LogP contribution in [0.5, 0.6) is 5.75 Å². The molecule has 0 aliphatic carbocycles. The summed E-state index contributed by atoms with van der Waals surface area (Å²) in [5.41, 5.74) is 1.60. The van der Waals surface area contributed by atoms with E-state index in [2.05, 4.69) is 26.1 Å². The van der Waals surface area contributed by atoms with E-state index >= 15 is 0 Å². The number of aryl methyl sites for hydroxylation is 1. The Morgan fingerprint density at radius 1 is 1.24 bits per heavy atom.